The van der Waals surface area contributed by atoms with Crippen LogP contribution in [-0.4, -0.2) is 0 Å². The molecule has 0 nitrogen and oxygen atoms in total. The zero-order valence-electron chi connectivity index (χ0n) is 13.9. The Morgan fingerprint density at radius 3 is 1.44 bits per heavy atom. The molecule has 0 aliphatic heterocycles. The zero-order chi connectivity index (χ0) is 16.7. The van der Waals surface area contributed by atoms with Gasteiger partial charge in [-0.3, -0.25) is 0 Å². The zero-order valence-corrected chi connectivity index (χ0v) is 13.9. The minimum absolute atomic E-state index is 0.988. The van der Waals surface area contributed by atoms with Crippen molar-refractivity contribution in [3.05, 3.63) is 71.8 Å². The van der Waals surface area contributed by atoms with Crippen molar-refractivity contribution in [2.24, 2.45) is 0 Å². The Kier molecular flexibility index (Phi) is 2.19. The van der Waals surface area contributed by atoms with Crippen molar-refractivity contribution in [3.8, 4) is 12.3 Å². The lowest BCUT2D eigenvalue weighted by molar-refractivity contribution is 1.56. The highest BCUT2D eigenvalue weighted by Crippen LogP contribution is 2.46. The molecular formula is C25H14. The first kappa shape index (κ1) is 13.0. The molecule has 0 heterocycles. The summed E-state index contributed by atoms with van der Waals surface area (Å²) < 4.78 is 0. The summed E-state index contributed by atoms with van der Waals surface area (Å²) in [5.74, 6) is 2.93. The van der Waals surface area contributed by atoms with Gasteiger partial charge in [0.2, 0.25) is 0 Å². The molecule has 6 rings (SSSR count). The molecule has 0 saturated heterocycles. The van der Waals surface area contributed by atoms with Crippen molar-refractivity contribution >= 4 is 53.9 Å². The molecule has 0 spiro atoms. The first-order valence-corrected chi connectivity index (χ1v) is 8.59. The van der Waals surface area contributed by atoms with E-state index in [1.54, 1.807) is 0 Å². The number of fused-ring (bicyclic) bond motifs is 1. The van der Waals surface area contributed by atoms with Gasteiger partial charge in [-0.25, -0.2) is 0 Å². The minimum Gasteiger partial charge on any atom is -0.115 e. The van der Waals surface area contributed by atoms with Gasteiger partial charge >= 0.3 is 0 Å². The average Bonchev–Trinajstić information content (AvgIpc) is 2.66. The van der Waals surface area contributed by atoms with E-state index in [2.05, 4.69) is 73.5 Å². The summed E-state index contributed by atoms with van der Waals surface area (Å²) in [7, 11) is 0. The quantitative estimate of drug-likeness (QED) is 0.168. The first-order chi connectivity index (χ1) is 12.3. The lowest BCUT2D eigenvalue weighted by Gasteiger charge is -2.20. The molecule has 0 aliphatic rings. The molecule has 114 valence electrons. The van der Waals surface area contributed by atoms with Crippen LogP contribution in [0.1, 0.15) is 11.1 Å². The second-order valence-electron chi connectivity index (χ2n) is 6.98. The first-order valence-electron chi connectivity index (χ1n) is 8.59. The van der Waals surface area contributed by atoms with E-state index in [-0.39, 0.29) is 0 Å². The Bertz CT molecular complexity index is 1480. The topological polar surface area (TPSA) is 0 Å². The second kappa shape index (κ2) is 4.21. The van der Waals surface area contributed by atoms with E-state index in [1.165, 1.54) is 59.4 Å². The van der Waals surface area contributed by atoms with Crippen LogP contribution in [0.25, 0.3) is 53.9 Å². The number of benzene rings is 6. The van der Waals surface area contributed by atoms with Crippen LogP contribution in [0.4, 0.5) is 0 Å². The highest BCUT2D eigenvalue weighted by atomic mass is 14.2. The molecule has 0 atom stereocenters. The smallest absolute Gasteiger partial charge is 0.0328 e. The molecule has 0 amide bonds. The van der Waals surface area contributed by atoms with Crippen molar-refractivity contribution in [3.63, 3.8) is 0 Å². The van der Waals surface area contributed by atoms with E-state index >= 15 is 0 Å². The number of aryl methyl sites for hydroxylation is 1. The molecule has 0 aromatic heterocycles. The Hall–Kier alpha value is -3.30. The number of rotatable bonds is 0. The molecular weight excluding hydrogens is 300 g/mol. The Labute approximate surface area is 145 Å². The number of hydrogen-bond acceptors (Lipinski definition) is 0. The Morgan fingerprint density at radius 1 is 0.520 bits per heavy atom. The maximum Gasteiger partial charge on any atom is 0.0328 e. The minimum atomic E-state index is 0.988. The van der Waals surface area contributed by atoms with Gasteiger partial charge in [0.15, 0.2) is 0 Å². The summed E-state index contributed by atoms with van der Waals surface area (Å²) in [6, 6.07) is 22.1. The lowest BCUT2D eigenvalue weighted by Crippen LogP contribution is -1.93. The van der Waals surface area contributed by atoms with Gasteiger partial charge in [0.25, 0.3) is 0 Å². The van der Waals surface area contributed by atoms with Crippen LogP contribution in [0.5, 0.6) is 0 Å². The van der Waals surface area contributed by atoms with Gasteiger partial charge in [-0.15, -0.1) is 6.42 Å². The lowest BCUT2D eigenvalue weighted by atomic mass is 9.83. The largest absolute Gasteiger partial charge is 0.115 e. The normalized spacial score (nSPS) is 12.2. The molecule has 0 fully saturated rings. The molecule has 25 heavy (non-hydrogen) atoms. The van der Waals surface area contributed by atoms with Gasteiger partial charge in [0.1, 0.15) is 0 Å². The summed E-state index contributed by atoms with van der Waals surface area (Å²) in [4.78, 5) is 0. The fourth-order valence-electron chi connectivity index (χ4n) is 4.67. The van der Waals surface area contributed by atoms with Gasteiger partial charge in [-0.2, -0.15) is 0 Å². The van der Waals surface area contributed by atoms with E-state index < -0.39 is 0 Å². The molecule has 0 aliphatic carbocycles. The summed E-state index contributed by atoms with van der Waals surface area (Å²) in [5.41, 5.74) is 2.28. The molecule has 6 aromatic rings. The predicted octanol–water partition coefficient (Wildman–Crippen LogP) is 6.62. The summed E-state index contributed by atoms with van der Waals surface area (Å²) >= 11 is 0. The Balaban J connectivity index is 2.21. The van der Waals surface area contributed by atoms with E-state index in [4.69, 9.17) is 6.42 Å². The fourth-order valence-corrected chi connectivity index (χ4v) is 4.67. The summed E-state index contributed by atoms with van der Waals surface area (Å²) in [6.45, 7) is 2.20. The fraction of sp³-hybridized carbons (Fsp3) is 0.0400. The molecule has 0 radical (unpaired) electrons. The van der Waals surface area contributed by atoms with Crippen LogP contribution in [0.15, 0.2) is 60.7 Å². The molecule has 0 saturated carbocycles. The van der Waals surface area contributed by atoms with E-state index in [9.17, 15) is 0 Å². The average molecular weight is 314 g/mol. The van der Waals surface area contributed by atoms with Gasteiger partial charge in [0.05, 0.1) is 0 Å². The number of hydrogen-bond donors (Lipinski definition) is 0. The maximum atomic E-state index is 5.91. The molecule has 0 bridgehead atoms. The highest BCUT2D eigenvalue weighted by Gasteiger charge is 2.19. The van der Waals surface area contributed by atoms with Crippen molar-refractivity contribution < 1.29 is 0 Å². The van der Waals surface area contributed by atoms with E-state index in [0.29, 0.717) is 0 Å². The van der Waals surface area contributed by atoms with Gasteiger partial charge < -0.3 is 0 Å². The molecule has 0 heteroatoms. The summed E-state index contributed by atoms with van der Waals surface area (Å²) in [6.07, 6.45) is 5.91. The van der Waals surface area contributed by atoms with Gasteiger partial charge in [0, 0.05) is 10.9 Å². The van der Waals surface area contributed by atoms with Crippen LogP contribution in [-0.2, 0) is 0 Å². The van der Waals surface area contributed by atoms with Gasteiger partial charge in [-0.05, 0) is 67.0 Å². The van der Waals surface area contributed by atoms with Crippen LogP contribution < -0.4 is 0 Å². The maximum absolute atomic E-state index is 5.91. The third-order valence-corrected chi connectivity index (χ3v) is 5.74. The molecule has 0 N–H and O–H groups in total. The van der Waals surface area contributed by atoms with Crippen LogP contribution in [0.3, 0.4) is 0 Å². The van der Waals surface area contributed by atoms with Crippen LogP contribution in [0.2, 0.25) is 0 Å². The molecule has 0 unspecified atom stereocenters. The second-order valence-corrected chi connectivity index (χ2v) is 6.98. The molecule has 6 aromatic carbocycles. The van der Waals surface area contributed by atoms with Gasteiger partial charge in [-0.1, -0.05) is 60.5 Å². The van der Waals surface area contributed by atoms with Crippen molar-refractivity contribution in [1.29, 1.82) is 0 Å². The van der Waals surface area contributed by atoms with Crippen LogP contribution in [0, 0.1) is 19.3 Å². The van der Waals surface area contributed by atoms with Crippen LogP contribution >= 0.6 is 0 Å². The SMILES string of the molecule is C#Cc1ccc2ccc3ccc4ccc5ccc(C)c6c1c2c3c4c56. The predicted molar refractivity (Wildman–Crippen MR) is 109 cm³/mol. The highest BCUT2D eigenvalue weighted by molar-refractivity contribution is 6.40. The van der Waals surface area contributed by atoms with Crippen molar-refractivity contribution in [1.82, 2.24) is 0 Å². The van der Waals surface area contributed by atoms with Crippen molar-refractivity contribution in [2.75, 3.05) is 0 Å². The number of terminal acetylenes is 1. The van der Waals surface area contributed by atoms with E-state index in [1.807, 2.05) is 0 Å². The Morgan fingerprint density at radius 2 is 0.920 bits per heavy atom. The summed E-state index contributed by atoms with van der Waals surface area (Å²) in [5, 5.41) is 13.1. The van der Waals surface area contributed by atoms with Crippen molar-refractivity contribution in [2.45, 2.75) is 6.92 Å². The monoisotopic (exact) mass is 314 g/mol. The van der Waals surface area contributed by atoms with E-state index in [0.717, 1.165) is 5.56 Å². The standard InChI is InChI=1S/C25H14/c1-3-15-6-7-17-10-12-19-13-11-18-9-8-16-5-4-14(2)20-21(15)23(17)25(19)24(18)22(16)20/h1,4-13H,2H3. The third kappa shape index (κ3) is 1.41. The third-order valence-electron chi connectivity index (χ3n) is 5.74.